The van der Waals surface area contributed by atoms with E-state index in [2.05, 4.69) is 0 Å². The van der Waals surface area contributed by atoms with Crippen molar-refractivity contribution in [2.24, 2.45) is 0 Å². The highest BCUT2D eigenvalue weighted by atomic mass is 16.5. The number of benzene rings is 3. The van der Waals surface area contributed by atoms with E-state index in [4.69, 9.17) is 9.47 Å². The zero-order valence-electron chi connectivity index (χ0n) is 21.4. The van der Waals surface area contributed by atoms with Crippen molar-refractivity contribution in [1.82, 2.24) is 9.80 Å². The molecule has 1 amide bonds. The van der Waals surface area contributed by atoms with Gasteiger partial charge in [0.05, 0.1) is 18.7 Å². The van der Waals surface area contributed by atoms with Crippen LogP contribution in [0.4, 0.5) is 0 Å². The molecule has 1 N–H and O–H groups in total. The summed E-state index contributed by atoms with van der Waals surface area (Å²) in [5.41, 5.74) is 2.18. The van der Waals surface area contributed by atoms with Crippen molar-refractivity contribution in [3.8, 4) is 11.5 Å². The van der Waals surface area contributed by atoms with E-state index in [1.165, 1.54) is 4.90 Å². The molecule has 0 aromatic heterocycles. The summed E-state index contributed by atoms with van der Waals surface area (Å²) >= 11 is 0. The number of aliphatic hydroxyl groups is 1. The van der Waals surface area contributed by atoms with Crippen molar-refractivity contribution < 1.29 is 24.2 Å². The number of ether oxygens (including phenoxy) is 2. The van der Waals surface area contributed by atoms with Gasteiger partial charge in [0.25, 0.3) is 11.7 Å². The summed E-state index contributed by atoms with van der Waals surface area (Å²) in [7, 11) is 5.46. The average molecular weight is 501 g/mol. The molecule has 1 saturated heterocycles. The molecule has 1 fully saturated rings. The van der Waals surface area contributed by atoms with E-state index in [9.17, 15) is 14.7 Å². The predicted octanol–water partition coefficient (Wildman–Crippen LogP) is 4.65. The Bertz CT molecular complexity index is 1270. The van der Waals surface area contributed by atoms with Gasteiger partial charge in [0, 0.05) is 17.7 Å². The first-order valence-electron chi connectivity index (χ1n) is 12.2. The highest BCUT2D eigenvalue weighted by Crippen LogP contribution is 2.42. The van der Waals surface area contributed by atoms with Crippen molar-refractivity contribution in [2.45, 2.75) is 19.1 Å². The third-order valence-electron chi connectivity index (χ3n) is 6.35. The molecule has 192 valence electrons. The molecule has 3 aromatic rings. The Balaban J connectivity index is 1.67. The molecule has 0 bridgehead atoms. The first-order chi connectivity index (χ1) is 17.9. The molecule has 0 saturated carbocycles. The largest absolute Gasteiger partial charge is 0.507 e. The van der Waals surface area contributed by atoms with Crippen molar-refractivity contribution in [2.75, 3.05) is 34.3 Å². The fourth-order valence-electron chi connectivity index (χ4n) is 4.49. The summed E-state index contributed by atoms with van der Waals surface area (Å²) in [6.45, 7) is 1.54. The van der Waals surface area contributed by atoms with Crippen LogP contribution in [0.15, 0.2) is 84.4 Å². The van der Waals surface area contributed by atoms with Gasteiger partial charge < -0.3 is 24.4 Å². The molecule has 3 aromatic carbocycles. The van der Waals surface area contributed by atoms with E-state index < -0.39 is 17.7 Å². The molecule has 1 aliphatic heterocycles. The van der Waals surface area contributed by atoms with Gasteiger partial charge in [0.2, 0.25) is 0 Å². The minimum Gasteiger partial charge on any atom is -0.507 e. The summed E-state index contributed by atoms with van der Waals surface area (Å²) in [5, 5.41) is 11.3. The summed E-state index contributed by atoms with van der Waals surface area (Å²) in [6.07, 6.45) is 0.680. The van der Waals surface area contributed by atoms with E-state index in [1.54, 1.807) is 37.4 Å². The van der Waals surface area contributed by atoms with E-state index in [1.807, 2.05) is 67.5 Å². The number of hydrogen-bond acceptors (Lipinski definition) is 6. The number of hydrogen-bond donors (Lipinski definition) is 1. The second-order valence-electron chi connectivity index (χ2n) is 9.19. The standard InChI is InChI=1S/C30H32N2O5/c1-31(2)18-9-19-32-27(24-12-7-8-13-25(24)36-3)26(29(34)30(32)35)28(33)22-14-16-23(17-15-22)37-20-21-10-5-4-6-11-21/h4-8,10-17,27,33H,9,18-20H2,1-3H3/t27-/m0/s1. The molecule has 37 heavy (non-hydrogen) atoms. The van der Waals surface area contributed by atoms with Crippen LogP contribution in [0.5, 0.6) is 11.5 Å². The maximum absolute atomic E-state index is 13.3. The van der Waals surface area contributed by atoms with Gasteiger partial charge in [-0.15, -0.1) is 0 Å². The Hall–Kier alpha value is -4.10. The fraction of sp³-hybridized carbons (Fsp3) is 0.267. The number of amides is 1. The summed E-state index contributed by atoms with van der Waals surface area (Å²) in [5.74, 6) is -0.381. The number of rotatable bonds is 10. The molecular formula is C30H32N2O5. The molecule has 7 nitrogen and oxygen atoms in total. The Morgan fingerprint density at radius 1 is 0.946 bits per heavy atom. The van der Waals surface area contributed by atoms with Crippen molar-refractivity contribution >= 4 is 17.4 Å². The smallest absolute Gasteiger partial charge is 0.295 e. The molecule has 0 aliphatic carbocycles. The van der Waals surface area contributed by atoms with E-state index >= 15 is 0 Å². The van der Waals surface area contributed by atoms with Crippen LogP contribution in [0, 0.1) is 0 Å². The molecule has 0 unspecified atom stereocenters. The second-order valence-corrected chi connectivity index (χ2v) is 9.19. The van der Waals surface area contributed by atoms with Crippen LogP contribution >= 0.6 is 0 Å². The highest BCUT2D eigenvalue weighted by Gasteiger charge is 2.46. The molecule has 0 radical (unpaired) electrons. The van der Waals surface area contributed by atoms with Gasteiger partial charge >= 0.3 is 0 Å². The zero-order chi connectivity index (χ0) is 26.4. The summed E-state index contributed by atoms with van der Waals surface area (Å²) < 4.78 is 11.4. The van der Waals surface area contributed by atoms with Crippen molar-refractivity contribution in [3.05, 3.63) is 101 Å². The van der Waals surface area contributed by atoms with Crippen molar-refractivity contribution in [3.63, 3.8) is 0 Å². The molecule has 4 rings (SSSR count). The van der Waals surface area contributed by atoms with E-state index in [0.717, 1.165) is 12.1 Å². The molecule has 7 heteroatoms. The van der Waals surface area contributed by atoms with Gasteiger partial charge in [-0.25, -0.2) is 0 Å². The quantitative estimate of drug-likeness (QED) is 0.248. The number of aliphatic hydroxyl groups excluding tert-OH is 1. The van der Waals surface area contributed by atoms with Crippen LogP contribution in [-0.4, -0.2) is 60.9 Å². The first kappa shape index (κ1) is 26.0. The number of para-hydroxylation sites is 1. The van der Waals surface area contributed by atoms with Crippen LogP contribution < -0.4 is 9.47 Å². The molecular weight excluding hydrogens is 468 g/mol. The average Bonchev–Trinajstić information content (AvgIpc) is 3.17. The lowest BCUT2D eigenvalue weighted by Gasteiger charge is -2.27. The van der Waals surface area contributed by atoms with Gasteiger partial charge in [0.1, 0.15) is 23.9 Å². The fourth-order valence-corrected chi connectivity index (χ4v) is 4.49. The van der Waals surface area contributed by atoms with Crippen LogP contribution in [0.1, 0.15) is 29.2 Å². The number of carbonyl (C=O) groups is 2. The van der Waals surface area contributed by atoms with Gasteiger partial charge in [-0.3, -0.25) is 9.59 Å². The normalized spacial score (nSPS) is 16.9. The lowest BCUT2D eigenvalue weighted by atomic mass is 9.94. The van der Waals surface area contributed by atoms with Gasteiger partial charge in [-0.2, -0.15) is 0 Å². The second kappa shape index (κ2) is 11.8. The van der Waals surface area contributed by atoms with Crippen LogP contribution in [0.3, 0.4) is 0 Å². The van der Waals surface area contributed by atoms with Gasteiger partial charge in [-0.05, 0) is 63.0 Å². The summed E-state index contributed by atoms with van der Waals surface area (Å²) in [6, 6.07) is 23.2. The summed E-state index contributed by atoms with van der Waals surface area (Å²) in [4.78, 5) is 30.0. The SMILES string of the molecule is COc1ccccc1[C@H]1C(=C(O)c2ccc(OCc3ccccc3)cc2)C(=O)C(=O)N1CCCN(C)C. The Kier molecular flexibility index (Phi) is 8.25. The maximum atomic E-state index is 13.3. The van der Waals surface area contributed by atoms with Crippen LogP contribution in [-0.2, 0) is 16.2 Å². The Morgan fingerprint density at radius 2 is 1.62 bits per heavy atom. The third kappa shape index (κ3) is 5.84. The van der Waals surface area contributed by atoms with Crippen molar-refractivity contribution in [1.29, 1.82) is 0 Å². The number of ketones is 1. The highest BCUT2D eigenvalue weighted by molar-refractivity contribution is 6.46. The monoisotopic (exact) mass is 500 g/mol. The van der Waals surface area contributed by atoms with Crippen LogP contribution in [0.25, 0.3) is 5.76 Å². The third-order valence-corrected chi connectivity index (χ3v) is 6.35. The van der Waals surface area contributed by atoms with Crippen LogP contribution in [0.2, 0.25) is 0 Å². The first-order valence-corrected chi connectivity index (χ1v) is 12.2. The predicted molar refractivity (Wildman–Crippen MR) is 142 cm³/mol. The number of nitrogens with zero attached hydrogens (tertiary/aromatic N) is 2. The number of methoxy groups -OCH3 is 1. The minimum atomic E-state index is -0.757. The Morgan fingerprint density at radius 3 is 2.30 bits per heavy atom. The lowest BCUT2D eigenvalue weighted by molar-refractivity contribution is -0.140. The van der Waals surface area contributed by atoms with E-state index in [0.29, 0.717) is 42.2 Å². The maximum Gasteiger partial charge on any atom is 0.295 e. The van der Waals surface area contributed by atoms with Gasteiger partial charge in [-0.1, -0.05) is 48.5 Å². The van der Waals surface area contributed by atoms with E-state index in [-0.39, 0.29) is 11.3 Å². The zero-order valence-corrected chi connectivity index (χ0v) is 21.4. The molecule has 1 atom stereocenters. The lowest BCUT2D eigenvalue weighted by Crippen LogP contribution is -2.32. The van der Waals surface area contributed by atoms with Gasteiger partial charge in [0.15, 0.2) is 0 Å². The molecule has 1 heterocycles. The topological polar surface area (TPSA) is 79.3 Å². The number of likely N-dealkylation sites (tertiary alicyclic amines) is 1. The number of carbonyl (C=O) groups excluding carboxylic acids is 2. The molecule has 0 spiro atoms. The minimum absolute atomic E-state index is 0.0531. The number of Topliss-reactive ketones (excluding diaryl/α,β-unsaturated/α-hetero) is 1. The Labute approximate surface area is 217 Å². The molecule has 1 aliphatic rings.